The standard InChI is InChI=1S/C66H74O11/c1-40(37-68)51-27-21-41-19-22-42(23-20-41)52-28-25-45(44-13-11-17-50(35-44)66-32-10-9-16-49(66)26-24-43-12-7-8-18-55(43)66)34-47(52)36-57(70)74-61-59-56(77-65(2,62(61)76-63(51)71)48-14-5-4-6-15-48)30-29-53-54(38-69)58(64(72)75-60(53)59)46(31-33-67)39-73-3/h7-8,11-13,17-20,22-26,28-30,35,45-49,52,61-62,67-69H,4-6,9-10,14-16,21,27,31-34,36-39H2,1-3H3. The van der Waals surface area contributed by atoms with E-state index in [9.17, 15) is 20.1 Å². The molecule has 9 atom stereocenters. The molecule has 0 spiro atoms. The smallest absolute Gasteiger partial charge is 0.340 e. The van der Waals surface area contributed by atoms with Crippen molar-refractivity contribution in [2.75, 3.05) is 26.9 Å². The Morgan fingerprint density at radius 2 is 1.64 bits per heavy atom. The first-order chi connectivity index (χ1) is 37.5. The summed E-state index contributed by atoms with van der Waals surface area (Å²) in [5.74, 6) is -1.46. The lowest BCUT2D eigenvalue weighted by Crippen LogP contribution is -2.58. The Hall–Kier alpha value is -6.11. The molecule has 2 saturated carbocycles. The van der Waals surface area contributed by atoms with E-state index < -0.39 is 47.9 Å². The normalized spacial score (nSPS) is 28.5. The number of benzene rings is 4. The Bertz CT molecular complexity index is 3150. The van der Waals surface area contributed by atoms with E-state index in [1.54, 1.807) is 19.1 Å². The summed E-state index contributed by atoms with van der Waals surface area (Å²) in [6.07, 6.45) is 17.6. The molecule has 0 saturated heterocycles. The number of ether oxygens (including phenoxy) is 4. The van der Waals surface area contributed by atoms with Gasteiger partial charge in [-0.3, -0.25) is 4.79 Å². The Kier molecular flexibility index (Phi) is 15.3. The van der Waals surface area contributed by atoms with Crippen LogP contribution in [0.3, 0.4) is 0 Å². The molecule has 2 bridgehead atoms. The summed E-state index contributed by atoms with van der Waals surface area (Å²) in [6, 6.07) is 30.1. The zero-order valence-corrected chi connectivity index (χ0v) is 44.8. The van der Waals surface area contributed by atoms with Crippen LogP contribution in [0, 0.1) is 17.8 Å². The molecule has 0 radical (unpaired) electrons. The van der Waals surface area contributed by atoms with E-state index in [0.29, 0.717) is 46.6 Å². The van der Waals surface area contributed by atoms with E-state index in [-0.39, 0.29) is 84.9 Å². The Morgan fingerprint density at radius 1 is 0.831 bits per heavy atom. The average molecular weight is 1040 g/mol. The number of aliphatic hydroxyl groups excluding tert-OH is 3. The van der Waals surface area contributed by atoms with Gasteiger partial charge < -0.3 is 38.7 Å². The van der Waals surface area contributed by atoms with Crippen LogP contribution in [0.25, 0.3) is 17.0 Å². The van der Waals surface area contributed by atoms with Crippen LogP contribution in [0.15, 0.2) is 124 Å². The molecule has 9 unspecified atom stereocenters. The van der Waals surface area contributed by atoms with Gasteiger partial charge >= 0.3 is 17.6 Å². The number of rotatable bonds is 10. The second kappa shape index (κ2) is 22.3. The van der Waals surface area contributed by atoms with Crippen molar-refractivity contribution in [1.29, 1.82) is 0 Å². The monoisotopic (exact) mass is 1040 g/mol. The minimum Gasteiger partial charge on any atom is -0.483 e. The van der Waals surface area contributed by atoms with Crippen molar-refractivity contribution in [3.63, 3.8) is 0 Å². The van der Waals surface area contributed by atoms with Crippen molar-refractivity contribution in [2.45, 2.75) is 151 Å². The molecule has 4 heterocycles. The van der Waals surface area contributed by atoms with E-state index in [2.05, 4.69) is 97.1 Å². The molecule has 3 aliphatic heterocycles. The number of carbonyl (C=O) groups is 2. The summed E-state index contributed by atoms with van der Waals surface area (Å²) in [5, 5.41) is 32.1. The minimum atomic E-state index is -1.32. The van der Waals surface area contributed by atoms with Gasteiger partial charge in [0.15, 0.2) is 12.2 Å². The van der Waals surface area contributed by atoms with Gasteiger partial charge in [0.1, 0.15) is 16.9 Å². The molecule has 11 nitrogen and oxygen atoms in total. The van der Waals surface area contributed by atoms with Gasteiger partial charge in [-0.05, 0) is 134 Å². The van der Waals surface area contributed by atoms with Gasteiger partial charge in [-0.1, -0.05) is 129 Å². The number of aryl methyl sites for hydroxylation is 1. The predicted octanol–water partition coefficient (Wildman–Crippen LogP) is 11.9. The van der Waals surface area contributed by atoms with Crippen LogP contribution >= 0.6 is 0 Å². The maximum Gasteiger partial charge on any atom is 0.340 e. The summed E-state index contributed by atoms with van der Waals surface area (Å²) < 4.78 is 32.8. The zero-order valence-electron chi connectivity index (χ0n) is 44.8. The third kappa shape index (κ3) is 9.74. The van der Waals surface area contributed by atoms with Crippen LogP contribution in [0.4, 0.5) is 0 Å². The summed E-state index contributed by atoms with van der Waals surface area (Å²) in [4.78, 5) is 44.9. The third-order valence-electron chi connectivity index (χ3n) is 18.8. The molecular formula is C66H74O11. The second-order valence-electron chi connectivity index (χ2n) is 23.1. The molecule has 404 valence electrons. The van der Waals surface area contributed by atoms with Crippen LogP contribution in [0.2, 0.25) is 0 Å². The molecule has 7 aliphatic rings. The lowest BCUT2D eigenvalue weighted by atomic mass is 9.56. The van der Waals surface area contributed by atoms with Crippen molar-refractivity contribution in [1.82, 2.24) is 0 Å². The number of fused-ring (bicyclic) bond motifs is 14. The highest BCUT2D eigenvalue weighted by atomic mass is 16.6. The van der Waals surface area contributed by atoms with Gasteiger partial charge in [0.05, 0.1) is 25.4 Å². The van der Waals surface area contributed by atoms with Crippen molar-refractivity contribution in [3.05, 3.63) is 175 Å². The molecule has 77 heavy (non-hydrogen) atoms. The van der Waals surface area contributed by atoms with Crippen molar-refractivity contribution >= 4 is 29.0 Å². The molecule has 1 aromatic heterocycles. The highest BCUT2D eigenvalue weighted by Crippen LogP contribution is 2.55. The molecule has 11 heteroatoms. The first kappa shape index (κ1) is 52.9. The van der Waals surface area contributed by atoms with E-state index in [1.165, 1.54) is 42.2 Å². The van der Waals surface area contributed by atoms with Gasteiger partial charge in [0.2, 0.25) is 0 Å². The van der Waals surface area contributed by atoms with Gasteiger partial charge in [0, 0.05) is 65.7 Å². The second-order valence-corrected chi connectivity index (χ2v) is 23.1. The van der Waals surface area contributed by atoms with Gasteiger partial charge in [0.25, 0.3) is 0 Å². The molecule has 3 N–H and O–H groups in total. The maximum atomic E-state index is 15.5. The van der Waals surface area contributed by atoms with Gasteiger partial charge in [-0.25, -0.2) is 9.59 Å². The molecule has 5 aromatic rings. The number of methoxy groups -OCH3 is 1. The highest BCUT2D eigenvalue weighted by molar-refractivity contribution is 5.90. The van der Waals surface area contributed by atoms with E-state index >= 15 is 9.59 Å². The number of allylic oxidation sites excluding steroid dienone is 3. The number of aliphatic hydroxyl groups is 3. The maximum absolute atomic E-state index is 15.5. The van der Waals surface area contributed by atoms with Crippen molar-refractivity contribution in [2.24, 2.45) is 17.8 Å². The fraction of sp³-hybridized carbons (Fsp3) is 0.470. The summed E-state index contributed by atoms with van der Waals surface area (Å²) >= 11 is 0. The highest BCUT2D eigenvalue weighted by Gasteiger charge is 2.57. The van der Waals surface area contributed by atoms with Crippen LogP contribution in [0.1, 0.15) is 171 Å². The Balaban J connectivity index is 1.04. The summed E-state index contributed by atoms with van der Waals surface area (Å²) in [7, 11) is 1.51. The van der Waals surface area contributed by atoms with Crippen LogP contribution in [0.5, 0.6) is 5.75 Å². The number of esters is 2. The largest absolute Gasteiger partial charge is 0.483 e. The average Bonchev–Trinajstić information content (AvgIpc) is 3.61. The molecule has 4 aliphatic carbocycles. The Labute approximate surface area is 452 Å². The van der Waals surface area contributed by atoms with E-state index in [4.69, 9.17) is 23.4 Å². The van der Waals surface area contributed by atoms with E-state index in [1.807, 2.05) is 6.92 Å². The summed E-state index contributed by atoms with van der Waals surface area (Å²) in [6.45, 7) is 2.64. The summed E-state index contributed by atoms with van der Waals surface area (Å²) in [5.41, 5.74) is 6.82. The topological polar surface area (TPSA) is 162 Å². The number of hydrogen-bond acceptors (Lipinski definition) is 11. The molecule has 12 rings (SSSR count). The van der Waals surface area contributed by atoms with E-state index in [0.717, 1.165) is 56.1 Å². The molecule has 0 amide bonds. The third-order valence-corrected chi connectivity index (χ3v) is 18.8. The first-order valence-electron chi connectivity index (χ1n) is 28.4. The molecular weight excluding hydrogens is 969 g/mol. The molecule has 2 fully saturated rings. The number of hydrogen-bond donors (Lipinski definition) is 3. The van der Waals surface area contributed by atoms with Gasteiger partial charge in [-0.15, -0.1) is 0 Å². The number of carbonyl (C=O) groups excluding carboxylic acids is 2. The van der Waals surface area contributed by atoms with Crippen LogP contribution in [-0.4, -0.2) is 65.9 Å². The predicted molar refractivity (Wildman–Crippen MR) is 296 cm³/mol. The van der Waals surface area contributed by atoms with Gasteiger partial charge in [-0.2, -0.15) is 0 Å². The quantitative estimate of drug-likeness (QED) is 0.0528. The SMILES string of the molecule is COCC(CCO)c1c(CO)c2ccc3c(c2oc1=O)C1OC(=O)CC2CC(c4cccc(C56CCCCC5C=Cc5ccccc56)c4)C=CC2c2ccc(cc2)CCC(=C(C)CO)C(=O)OC1C(C)(C1CCCCC1)O3. The van der Waals surface area contributed by atoms with Crippen LogP contribution in [-0.2, 0) is 42.2 Å². The molecule has 4 aromatic carbocycles. The zero-order chi connectivity index (χ0) is 53.4. The minimum absolute atomic E-state index is 0.00541. The Morgan fingerprint density at radius 3 is 2.42 bits per heavy atom. The van der Waals surface area contributed by atoms with Crippen molar-refractivity contribution in [3.8, 4) is 5.75 Å². The fourth-order valence-corrected chi connectivity index (χ4v) is 14.8. The lowest BCUT2D eigenvalue weighted by Gasteiger charge is -2.50. The first-order valence-corrected chi connectivity index (χ1v) is 28.4. The van der Waals surface area contributed by atoms with Crippen molar-refractivity contribution < 1.29 is 48.3 Å². The fourth-order valence-electron chi connectivity index (χ4n) is 14.8. The lowest BCUT2D eigenvalue weighted by molar-refractivity contribution is -0.201. The van der Waals surface area contributed by atoms with Crippen LogP contribution < -0.4 is 10.4 Å².